The van der Waals surface area contributed by atoms with Crippen LogP contribution in [0.2, 0.25) is 0 Å². The summed E-state index contributed by atoms with van der Waals surface area (Å²) in [5, 5.41) is 7.10. The van der Waals surface area contributed by atoms with Gasteiger partial charge in [-0.2, -0.15) is 0 Å². The molecule has 0 aliphatic heterocycles. The molecule has 10 aromatic carbocycles. The molecule has 0 spiro atoms. The lowest BCUT2D eigenvalue weighted by atomic mass is 9.93. The van der Waals surface area contributed by atoms with Crippen molar-refractivity contribution >= 4 is 71.6 Å². The van der Waals surface area contributed by atoms with E-state index in [-0.39, 0.29) is 0 Å². The molecule has 0 amide bonds. The maximum Gasteiger partial charge on any atom is 0.227 e. The third-order valence-corrected chi connectivity index (χ3v) is 11.9. The summed E-state index contributed by atoms with van der Waals surface area (Å²) in [5.74, 6) is 0.604. The number of oxazole rings is 1. The van der Waals surface area contributed by atoms with Crippen LogP contribution < -0.4 is 4.90 Å². The van der Waals surface area contributed by atoms with Crippen LogP contribution in [0.15, 0.2) is 227 Å². The summed E-state index contributed by atoms with van der Waals surface area (Å²) in [7, 11) is 0. The molecule has 0 unspecified atom stereocenters. The van der Waals surface area contributed by atoms with Crippen molar-refractivity contribution < 1.29 is 8.83 Å². The minimum atomic E-state index is 0.604. The average molecular weight is 781 g/mol. The Morgan fingerprint density at radius 1 is 0.311 bits per heavy atom. The molecule has 0 aliphatic carbocycles. The van der Waals surface area contributed by atoms with Gasteiger partial charge in [0.15, 0.2) is 5.58 Å². The highest BCUT2D eigenvalue weighted by atomic mass is 16.4. The second kappa shape index (κ2) is 14.3. The molecule has 0 atom stereocenters. The molecule has 2 aromatic heterocycles. The number of furan rings is 1. The van der Waals surface area contributed by atoms with E-state index >= 15 is 0 Å². The molecule has 0 aliphatic rings. The maximum atomic E-state index is 6.45. The van der Waals surface area contributed by atoms with Gasteiger partial charge in [-0.15, -0.1) is 0 Å². The van der Waals surface area contributed by atoms with Gasteiger partial charge in [-0.25, -0.2) is 4.98 Å². The molecule has 0 bridgehead atoms. The van der Waals surface area contributed by atoms with Gasteiger partial charge < -0.3 is 13.7 Å². The Morgan fingerprint density at radius 3 is 1.67 bits per heavy atom. The van der Waals surface area contributed by atoms with Gasteiger partial charge in [-0.1, -0.05) is 140 Å². The molecule has 2 heterocycles. The zero-order chi connectivity index (χ0) is 40.3. The van der Waals surface area contributed by atoms with Crippen molar-refractivity contribution in [1.82, 2.24) is 4.98 Å². The van der Waals surface area contributed by atoms with E-state index in [1.54, 1.807) is 0 Å². The van der Waals surface area contributed by atoms with Crippen LogP contribution in [-0.2, 0) is 0 Å². The SMILES string of the molecule is c1ccc(-c2cccc(N(c3ccc(-c4ccc5c(c4)oc4cc6oc(-c7ccccc7)nc6cc45)cc3)c3ccc(-c4cc5ccccc5c5ccccc45)cc3)c2)cc1. The Bertz CT molecular complexity index is 3570. The van der Waals surface area contributed by atoms with Gasteiger partial charge in [0.1, 0.15) is 16.7 Å². The topological polar surface area (TPSA) is 42.4 Å². The minimum absolute atomic E-state index is 0.604. The number of fused-ring (bicyclic) bond motifs is 7. The summed E-state index contributed by atoms with van der Waals surface area (Å²) in [6.45, 7) is 0. The summed E-state index contributed by atoms with van der Waals surface area (Å²) in [5.41, 5.74) is 14.2. The molecule has 12 aromatic rings. The molecule has 286 valence electrons. The molecule has 0 radical (unpaired) electrons. The van der Waals surface area contributed by atoms with Gasteiger partial charge in [0.25, 0.3) is 0 Å². The summed E-state index contributed by atoms with van der Waals surface area (Å²) in [4.78, 5) is 7.14. The van der Waals surface area contributed by atoms with Crippen molar-refractivity contribution in [3.63, 3.8) is 0 Å². The zero-order valence-electron chi connectivity index (χ0n) is 33.0. The van der Waals surface area contributed by atoms with Gasteiger partial charge >= 0.3 is 0 Å². The smallest absolute Gasteiger partial charge is 0.227 e. The van der Waals surface area contributed by atoms with Crippen molar-refractivity contribution in [1.29, 1.82) is 0 Å². The number of nitrogens with zero attached hydrogens (tertiary/aromatic N) is 2. The minimum Gasteiger partial charge on any atom is -0.456 e. The summed E-state index contributed by atoms with van der Waals surface area (Å²) < 4.78 is 12.6. The Hall–Kier alpha value is -8.21. The van der Waals surface area contributed by atoms with Crippen LogP contribution in [0.3, 0.4) is 0 Å². The van der Waals surface area contributed by atoms with Gasteiger partial charge in [0.05, 0.1) is 0 Å². The number of benzene rings is 10. The van der Waals surface area contributed by atoms with Crippen LogP contribution in [0.1, 0.15) is 0 Å². The molecule has 0 saturated heterocycles. The number of hydrogen-bond acceptors (Lipinski definition) is 4. The van der Waals surface area contributed by atoms with Crippen molar-refractivity contribution in [2.24, 2.45) is 0 Å². The number of hydrogen-bond donors (Lipinski definition) is 0. The molecule has 61 heavy (non-hydrogen) atoms. The zero-order valence-corrected chi connectivity index (χ0v) is 33.0. The first-order valence-electron chi connectivity index (χ1n) is 20.6. The van der Waals surface area contributed by atoms with E-state index in [1.807, 2.05) is 36.4 Å². The van der Waals surface area contributed by atoms with Gasteiger partial charge in [-0.3, -0.25) is 0 Å². The Kier molecular flexibility index (Phi) is 8.13. The van der Waals surface area contributed by atoms with Crippen LogP contribution in [-0.4, -0.2) is 4.98 Å². The van der Waals surface area contributed by atoms with Gasteiger partial charge in [0.2, 0.25) is 5.89 Å². The molecular weight excluding hydrogens is 745 g/mol. The number of anilines is 3. The fraction of sp³-hybridized carbons (Fsp3) is 0. The quantitative estimate of drug-likeness (QED) is 0.151. The van der Waals surface area contributed by atoms with Gasteiger partial charge in [0, 0.05) is 39.5 Å². The molecule has 4 heteroatoms. The molecule has 0 saturated carbocycles. The first-order chi connectivity index (χ1) is 30.2. The predicted octanol–water partition coefficient (Wildman–Crippen LogP) is 16.2. The standard InChI is InChI=1S/C57H36N2O2/c1-3-12-37(13-4-1)41-17-11-18-46(32-41)59(45-29-24-39(25-30-45)51-33-43-16-7-8-19-47(43)48-20-9-10-21-49(48)51)44-27-22-38(23-28-44)42-26-31-50-52-35-53-56(36-55(52)60-54(50)34-42)61-57(58-53)40-14-5-2-6-15-40/h1-36H. The van der Waals surface area contributed by atoms with Crippen molar-refractivity contribution in [2.75, 3.05) is 4.90 Å². The average Bonchev–Trinajstić information content (AvgIpc) is 3.92. The maximum absolute atomic E-state index is 6.45. The third-order valence-electron chi connectivity index (χ3n) is 11.9. The van der Waals surface area contributed by atoms with E-state index in [0.29, 0.717) is 11.5 Å². The second-order valence-corrected chi connectivity index (χ2v) is 15.6. The monoisotopic (exact) mass is 780 g/mol. The summed E-state index contributed by atoms with van der Waals surface area (Å²) in [6, 6.07) is 77.3. The number of rotatable bonds is 7. The Labute approximate surface area is 352 Å². The van der Waals surface area contributed by atoms with Crippen LogP contribution in [0.5, 0.6) is 0 Å². The normalized spacial score (nSPS) is 11.6. The highest BCUT2D eigenvalue weighted by Crippen LogP contribution is 2.41. The van der Waals surface area contributed by atoms with Crippen LogP contribution in [0.25, 0.3) is 99.4 Å². The van der Waals surface area contributed by atoms with Crippen LogP contribution in [0, 0.1) is 0 Å². The highest BCUT2D eigenvalue weighted by Gasteiger charge is 2.17. The largest absolute Gasteiger partial charge is 0.456 e. The fourth-order valence-corrected chi connectivity index (χ4v) is 8.87. The summed E-state index contributed by atoms with van der Waals surface area (Å²) in [6.07, 6.45) is 0. The van der Waals surface area contributed by atoms with E-state index in [2.05, 4.69) is 187 Å². The molecule has 0 N–H and O–H groups in total. The molecule has 4 nitrogen and oxygen atoms in total. The molecular formula is C57H36N2O2. The second-order valence-electron chi connectivity index (χ2n) is 15.6. The van der Waals surface area contributed by atoms with Crippen LogP contribution in [0.4, 0.5) is 17.1 Å². The third kappa shape index (κ3) is 6.12. The van der Waals surface area contributed by atoms with E-state index in [0.717, 1.165) is 61.2 Å². The lowest BCUT2D eigenvalue weighted by Crippen LogP contribution is -2.10. The molecule has 12 rings (SSSR count). The molecule has 0 fully saturated rings. The Balaban J connectivity index is 0.912. The first kappa shape index (κ1) is 34.8. The van der Waals surface area contributed by atoms with E-state index in [9.17, 15) is 0 Å². The van der Waals surface area contributed by atoms with E-state index in [1.165, 1.54) is 43.8 Å². The first-order valence-corrected chi connectivity index (χ1v) is 20.6. The van der Waals surface area contributed by atoms with Crippen LogP contribution >= 0.6 is 0 Å². The predicted molar refractivity (Wildman–Crippen MR) is 253 cm³/mol. The van der Waals surface area contributed by atoms with Gasteiger partial charge in [-0.05, 0) is 128 Å². The van der Waals surface area contributed by atoms with Crippen molar-refractivity contribution in [3.8, 4) is 44.8 Å². The van der Waals surface area contributed by atoms with Crippen molar-refractivity contribution in [3.05, 3.63) is 218 Å². The van der Waals surface area contributed by atoms with Crippen molar-refractivity contribution in [2.45, 2.75) is 0 Å². The Morgan fingerprint density at radius 2 is 0.902 bits per heavy atom. The summed E-state index contributed by atoms with van der Waals surface area (Å²) >= 11 is 0. The fourth-order valence-electron chi connectivity index (χ4n) is 8.87. The number of aromatic nitrogens is 1. The highest BCUT2D eigenvalue weighted by molar-refractivity contribution is 6.14. The lowest BCUT2D eigenvalue weighted by Gasteiger charge is -2.26. The van der Waals surface area contributed by atoms with E-state index in [4.69, 9.17) is 13.8 Å². The lowest BCUT2D eigenvalue weighted by molar-refractivity contribution is 0.617. The van der Waals surface area contributed by atoms with E-state index < -0.39 is 0 Å².